The highest BCUT2D eigenvalue weighted by Crippen LogP contribution is 2.29. The topological polar surface area (TPSA) is 104 Å². The SMILES string of the molecule is CC(=O)c1ccc2[nH]cc(NC3C(=O)C(=O)C3Nc3ccc(CCC(F)(F)F)cn3)c2c1. The number of alkyl halides is 3. The quantitative estimate of drug-likeness (QED) is 0.380. The molecule has 32 heavy (non-hydrogen) atoms. The first-order valence-corrected chi connectivity index (χ1v) is 9.87. The molecule has 0 spiro atoms. The molecule has 1 aromatic carbocycles. The molecule has 4 rings (SSSR count). The van der Waals surface area contributed by atoms with Gasteiger partial charge in [0.1, 0.15) is 17.9 Å². The Kier molecular flexibility index (Phi) is 5.45. The number of aryl methyl sites for hydroxylation is 1. The number of carbonyl (C=O) groups excluding carboxylic acids is 3. The number of pyridine rings is 1. The van der Waals surface area contributed by atoms with Crippen molar-refractivity contribution in [2.75, 3.05) is 10.6 Å². The van der Waals surface area contributed by atoms with E-state index in [9.17, 15) is 27.6 Å². The van der Waals surface area contributed by atoms with Crippen LogP contribution in [0.5, 0.6) is 0 Å². The second-order valence-electron chi connectivity index (χ2n) is 7.66. The fourth-order valence-electron chi connectivity index (χ4n) is 3.54. The largest absolute Gasteiger partial charge is 0.389 e. The van der Waals surface area contributed by atoms with Gasteiger partial charge in [-0.05, 0) is 43.2 Å². The normalized spacial score (nSPS) is 18.5. The number of aromatic nitrogens is 2. The summed E-state index contributed by atoms with van der Waals surface area (Å²) in [6, 6.07) is 6.39. The Balaban J connectivity index is 1.47. The molecule has 0 radical (unpaired) electrons. The fourth-order valence-corrected chi connectivity index (χ4v) is 3.54. The number of fused-ring (bicyclic) bond motifs is 1. The first-order chi connectivity index (χ1) is 15.1. The molecule has 1 saturated carbocycles. The van der Waals surface area contributed by atoms with Crippen LogP contribution in [0.1, 0.15) is 29.3 Å². The summed E-state index contributed by atoms with van der Waals surface area (Å²) in [5.41, 5.74) is 2.26. The Hall–Kier alpha value is -3.69. The van der Waals surface area contributed by atoms with Crippen molar-refractivity contribution < 1.29 is 27.6 Å². The standard InChI is InChI=1S/C22H19F3N4O3/c1-11(30)13-3-4-15-14(8-13)16(10-26-15)28-18-19(21(32)20(18)31)29-17-5-2-12(9-27-17)6-7-22(23,24)25/h2-5,8-10,18-19,26,28H,6-7H2,1H3,(H,27,29). The predicted octanol–water partition coefficient (Wildman–Crippen LogP) is 3.67. The van der Waals surface area contributed by atoms with E-state index in [1.54, 1.807) is 24.4 Å². The van der Waals surface area contributed by atoms with Gasteiger partial charge in [-0.25, -0.2) is 4.98 Å². The van der Waals surface area contributed by atoms with Gasteiger partial charge in [-0.2, -0.15) is 13.2 Å². The number of nitrogens with one attached hydrogen (secondary N) is 3. The van der Waals surface area contributed by atoms with Crippen molar-refractivity contribution in [3.63, 3.8) is 0 Å². The van der Waals surface area contributed by atoms with Gasteiger partial charge in [0.05, 0.1) is 5.69 Å². The summed E-state index contributed by atoms with van der Waals surface area (Å²) >= 11 is 0. The lowest BCUT2D eigenvalue weighted by Gasteiger charge is -2.34. The van der Waals surface area contributed by atoms with Gasteiger partial charge in [0.25, 0.3) is 0 Å². The minimum atomic E-state index is -4.25. The van der Waals surface area contributed by atoms with Crippen molar-refractivity contribution in [3.05, 3.63) is 53.9 Å². The average molecular weight is 444 g/mol. The number of benzene rings is 1. The first-order valence-electron chi connectivity index (χ1n) is 9.87. The van der Waals surface area contributed by atoms with Gasteiger partial charge >= 0.3 is 6.18 Å². The van der Waals surface area contributed by atoms with Crippen LogP contribution in [-0.4, -0.2) is 45.6 Å². The third kappa shape index (κ3) is 4.34. The van der Waals surface area contributed by atoms with Gasteiger partial charge in [-0.15, -0.1) is 0 Å². The lowest BCUT2D eigenvalue weighted by molar-refractivity contribution is -0.144. The van der Waals surface area contributed by atoms with Gasteiger partial charge in [-0.3, -0.25) is 14.4 Å². The van der Waals surface area contributed by atoms with E-state index in [1.807, 2.05) is 0 Å². The number of Topliss-reactive ketones (excluding diaryl/α,β-unsaturated/α-hetero) is 3. The Morgan fingerprint density at radius 1 is 1.09 bits per heavy atom. The zero-order valence-corrected chi connectivity index (χ0v) is 16.9. The molecule has 0 saturated heterocycles. The molecule has 1 aliphatic rings. The molecule has 2 unspecified atom stereocenters. The molecule has 0 bridgehead atoms. The van der Waals surface area contributed by atoms with Gasteiger partial charge in [0.15, 0.2) is 5.78 Å². The molecule has 3 aromatic rings. The molecular formula is C22H19F3N4O3. The highest BCUT2D eigenvalue weighted by Gasteiger charge is 2.49. The number of hydrogen-bond donors (Lipinski definition) is 3. The van der Waals surface area contributed by atoms with Crippen molar-refractivity contribution >= 4 is 39.8 Å². The number of halogens is 3. The summed E-state index contributed by atoms with van der Waals surface area (Å²) in [5, 5.41) is 6.61. The van der Waals surface area contributed by atoms with E-state index < -0.39 is 36.2 Å². The summed E-state index contributed by atoms with van der Waals surface area (Å²) in [6.07, 6.45) is -2.43. The number of ketones is 3. The smallest absolute Gasteiger partial charge is 0.371 e. The monoisotopic (exact) mass is 444 g/mol. The van der Waals surface area contributed by atoms with Crippen molar-refractivity contribution in [2.45, 2.75) is 38.0 Å². The molecule has 2 heterocycles. The number of aromatic amines is 1. The van der Waals surface area contributed by atoms with E-state index in [0.717, 1.165) is 5.52 Å². The molecule has 7 nitrogen and oxygen atoms in total. The summed E-state index contributed by atoms with van der Waals surface area (Å²) in [4.78, 5) is 43.1. The van der Waals surface area contributed by atoms with Gasteiger partial charge in [-0.1, -0.05) is 6.07 Å². The number of H-pyrrole nitrogens is 1. The summed E-state index contributed by atoms with van der Waals surface area (Å²) in [7, 11) is 0. The van der Waals surface area contributed by atoms with Crippen LogP contribution >= 0.6 is 0 Å². The van der Waals surface area contributed by atoms with Gasteiger partial charge in [0.2, 0.25) is 11.6 Å². The van der Waals surface area contributed by atoms with Crippen LogP contribution in [0.25, 0.3) is 10.9 Å². The number of rotatable bonds is 7. The minimum Gasteiger partial charge on any atom is -0.371 e. The van der Waals surface area contributed by atoms with Crippen molar-refractivity contribution in [2.24, 2.45) is 0 Å². The second kappa shape index (κ2) is 8.10. The van der Waals surface area contributed by atoms with Crippen molar-refractivity contribution in [1.29, 1.82) is 0 Å². The Morgan fingerprint density at radius 3 is 2.44 bits per heavy atom. The van der Waals surface area contributed by atoms with E-state index in [0.29, 0.717) is 22.2 Å². The fraction of sp³-hybridized carbons (Fsp3) is 0.273. The Bertz CT molecular complexity index is 1200. The first kappa shape index (κ1) is 21.5. The Morgan fingerprint density at radius 2 is 1.81 bits per heavy atom. The van der Waals surface area contributed by atoms with Crippen LogP contribution < -0.4 is 10.6 Å². The molecule has 1 fully saturated rings. The van der Waals surface area contributed by atoms with Crippen LogP contribution in [0.3, 0.4) is 0 Å². The molecule has 1 aliphatic carbocycles. The third-order valence-electron chi connectivity index (χ3n) is 5.37. The van der Waals surface area contributed by atoms with Gasteiger partial charge in [0, 0.05) is 35.3 Å². The van der Waals surface area contributed by atoms with E-state index >= 15 is 0 Å². The van der Waals surface area contributed by atoms with Crippen LogP contribution in [0, 0.1) is 0 Å². The molecule has 0 amide bonds. The van der Waals surface area contributed by atoms with Crippen molar-refractivity contribution in [3.8, 4) is 0 Å². The molecule has 0 aliphatic heterocycles. The lowest BCUT2D eigenvalue weighted by Crippen LogP contribution is -2.64. The van der Waals surface area contributed by atoms with Crippen LogP contribution in [-0.2, 0) is 16.0 Å². The Labute approximate surface area is 180 Å². The van der Waals surface area contributed by atoms with E-state index in [4.69, 9.17) is 0 Å². The number of nitrogens with zero attached hydrogens (tertiary/aromatic N) is 1. The average Bonchev–Trinajstić information content (AvgIpc) is 3.16. The second-order valence-corrected chi connectivity index (χ2v) is 7.66. The maximum atomic E-state index is 12.4. The van der Waals surface area contributed by atoms with E-state index in [1.165, 1.54) is 25.3 Å². The minimum absolute atomic E-state index is 0.0988. The van der Waals surface area contributed by atoms with Crippen LogP contribution in [0.15, 0.2) is 42.7 Å². The van der Waals surface area contributed by atoms with Crippen LogP contribution in [0.2, 0.25) is 0 Å². The van der Waals surface area contributed by atoms with E-state index in [2.05, 4.69) is 20.6 Å². The zero-order valence-electron chi connectivity index (χ0n) is 16.9. The molecule has 10 heteroatoms. The number of anilines is 2. The molecule has 3 N–H and O–H groups in total. The molecule has 166 valence electrons. The molecular weight excluding hydrogens is 425 g/mol. The molecule has 2 aromatic heterocycles. The highest BCUT2D eigenvalue weighted by atomic mass is 19.4. The van der Waals surface area contributed by atoms with Crippen molar-refractivity contribution in [1.82, 2.24) is 9.97 Å². The summed E-state index contributed by atoms with van der Waals surface area (Å²) in [6.45, 7) is 1.45. The highest BCUT2D eigenvalue weighted by molar-refractivity contribution is 6.50. The maximum absolute atomic E-state index is 12.4. The summed E-state index contributed by atoms with van der Waals surface area (Å²) in [5.74, 6) is -1.04. The zero-order chi connectivity index (χ0) is 23.0. The van der Waals surface area contributed by atoms with Gasteiger partial charge < -0.3 is 15.6 Å². The lowest BCUT2D eigenvalue weighted by atomic mass is 9.82. The molecule has 2 atom stereocenters. The predicted molar refractivity (Wildman–Crippen MR) is 112 cm³/mol. The van der Waals surface area contributed by atoms with E-state index in [-0.39, 0.29) is 18.0 Å². The number of carbonyl (C=O) groups is 3. The summed E-state index contributed by atoms with van der Waals surface area (Å²) < 4.78 is 37.1. The third-order valence-corrected chi connectivity index (χ3v) is 5.37. The van der Waals surface area contributed by atoms with Crippen LogP contribution in [0.4, 0.5) is 24.7 Å². The maximum Gasteiger partial charge on any atom is 0.389 e. The number of hydrogen-bond acceptors (Lipinski definition) is 6.